The van der Waals surface area contributed by atoms with Gasteiger partial charge in [0.1, 0.15) is 27.8 Å². The number of nitro groups is 1. The fourth-order valence-electron chi connectivity index (χ4n) is 2.49. The number of hydrogen-bond acceptors (Lipinski definition) is 8. The Labute approximate surface area is 172 Å². The molecule has 0 atom stereocenters. The summed E-state index contributed by atoms with van der Waals surface area (Å²) in [7, 11) is -1.46. The van der Waals surface area contributed by atoms with Crippen molar-refractivity contribution < 1.29 is 27.6 Å². The summed E-state index contributed by atoms with van der Waals surface area (Å²) in [6.07, 6.45) is 1.44. The molecule has 3 rings (SSSR count). The minimum Gasteiger partial charge on any atom is -0.497 e. The van der Waals surface area contributed by atoms with Gasteiger partial charge < -0.3 is 14.2 Å². The molecule has 0 fully saturated rings. The molecule has 30 heavy (non-hydrogen) atoms. The van der Waals surface area contributed by atoms with Crippen molar-refractivity contribution in [2.24, 2.45) is 0 Å². The van der Waals surface area contributed by atoms with Gasteiger partial charge in [0.25, 0.3) is 15.7 Å². The van der Waals surface area contributed by atoms with Gasteiger partial charge in [0.2, 0.25) is 5.88 Å². The second kappa shape index (κ2) is 8.66. The summed E-state index contributed by atoms with van der Waals surface area (Å²) in [5.74, 6) is 0.982. The predicted molar refractivity (Wildman–Crippen MR) is 108 cm³/mol. The molecule has 1 N–H and O–H groups in total. The Bertz CT molecular complexity index is 1170. The monoisotopic (exact) mass is 431 g/mol. The zero-order valence-corrected chi connectivity index (χ0v) is 16.8. The normalized spacial score (nSPS) is 10.9. The van der Waals surface area contributed by atoms with Crippen LogP contribution in [0.15, 0.2) is 65.7 Å². The van der Waals surface area contributed by atoms with Crippen molar-refractivity contribution in [2.45, 2.75) is 4.90 Å². The molecule has 0 amide bonds. The Hall–Kier alpha value is -3.86. The highest BCUT2D eigenvalue weighted by Gasteiger charge is 2.24. The first-order valence-electron chi connectivity index (χ1n) is 8.46. The Morgan fingerprint density at radius 3 is 2.33 bits per heavy atom. The Morgan fingerprint density at radius 2 is 1.70 bits per heavy atom. The molecule has 0 saturated carbocycles. The van der Waals surface area contributed by atoms with E-state index in [1.54, 1.807) is 24.3 Å². The number of nitrogens with one attached hydrogen (secondary N) is 1. The van der Waals surface area contributed by atoms with E-state index >= 15 is 0 Å². The fraction of sp³-hybridized carbons (Fsp3) is 0.105. The second-order valence-electron chi connectivity index (χ2n) is 5.83. The van der Waals surface area contributed by atoms with Crippen LogP contribution in [-0.4, -0.2) is 32.5 Å². The molecule has 2 aromatic carbocycles. The first-order chi connectivity index (χ1) is 14.3. The summed E-state index contributed by atoms with van der Waals surface area (Å²) < 4.78 is 44.0. The third kappa shape index (κ3) is 4.58. The number of nitro benzene ring substituents is 1. The zero-order chi connectivity index (χ0) is 21.7. The summed E-state index contributed by atoms with van der Waals surface area (Å²) >= 11 is 0. The van der Waals surface area contributed by atoms with E-state index in [1.807, 2.05) is 0 Å². The first-order valence-corrected chi connectivity index (χ1v) is 9.94. The van der Waals surface area contributed by atoms with Gasteiger partial charge in [-0.2, -0.15) is 0 Å². The average Bonchev–Trinajstić information content (AvgIpc) is 2.75. The molecule has 1 heterocycles. The van der Waals surface area contributed by atoms with Gasteiger partial charge >= 0.3 is 0 Å². The lowest BCUT2D eigenvalue weighted by molar-refractivity contribution is -0.385. The van der Waals surface area contributed by atoms with E-state index in [-0.39, 0.29) is 17.3 Å². The van der Waals surface area contributed by atoms with Crippen LogP contribution in [-0.2, 0) is 10.0 Å². The molecule has 0 aliphatic carbocycles. The van der Waals surface area contributed by atoms with Crippen molar-refractivity contribution in [3.8, 4) is 23.1 Å². The van der Waals surface area contributed by atoms with Crippen LogP contribution in [0, 0.1) is 10.1 Å². The van der Waals surface area contributed by atoms with E-state index in [0.717, 1.165) is 12.1 Å². The van der Waals surface area contributed by atoms with Crippen molar-refractivity contribution in [3.05, 3.63) is 70.9 Å². The van der Waals surface area contributed by atoms with Crippen LogP contribution in [0.1, 0.15) is 0 Å². The molecule has 11 heteroatoms. The quantitative estimate of drug-likeness (QED) is 0.423. The average molecular weight is 431 g/mol. The molecule has 156 valence electrons. The Kier molecular flexibility index (Phi) is 6.02. The molecule has 3 aromatic rings. The van der Waals surface area contributed by atoms with Crippen molar-refractivity contribution in [2.75, 3.05) is 18.9 Å². The maximum Gasteiger partial charge on any atom is 0.271 e. The Morgan fingerprint density at radius 1 is 1.00 bits per heavy atom. The number of nitrogens with zero attached hydrogens (tertiary/aromatic N) is 2. The zero-order valence-electron chi connectivity index (χ0n) is 15.9. The van der Waals surface area contributed by atoms with Crippen LogP contribution in [0.2, 0.25) is 0 Å². The summed E-state index contributed by atoms with van der Waals surface area (Å²) in [6.45, 7) is 0. The summed E-state index contributed by atoms with van der Waals surface area (Å²) in [6, 6.07) is 12.9. The van der Waals surface area contributed by atoms with Crippen LogP contribution < -0.4 is 18.9 Å². The van der Waals surface area contributed by atoms with Gasteiger partial charge in [-0.15, -0.1) is 0 Å². The maximum absolute atomic E-state index is 12.9. The van der Waals surface area contributed by atoms with E-state index in [2.05, 4.69) is 9.71 Å². The minimum absolute atomic E-state index is 0.00404. The summed E-state index contributed by atoms with van der Waals surface area (Å²) in [4.78, 5) is 14.0. The van der Waals surface area contributed by atoms with E-state index in [0.29, 0.717) is 11.5 Å². The molecule has 1 aromatic heterocycles. The summed E-state index contributed by atoms with van der Waals surface area (Å²) in [5, 5.41) is 11.1. The summed E-state index contributed by atoms with van der Waals surface area (Å²) in [5.41, 5.74) is -0.348. The van der Waals surface area contributed by atoms with Gasteiger partial charge in [-0.25, -0.2) is 13.4 Å². The number of rotatable bonds is 8. The predicted octanol–water partition coefficient (Wildman–Crippen LogP) is 3.60. The lowest BCUT2D eigenvalue weighted by atomic mass is 10.3. The van der Waals surface area contributed by atoms with Gasteiger partial charge in [0.15, 0.2) is 0 Å². The molecule has 10 nitrogen and oxygen atoms in total. The second-order valence-corrected chi connectivity index (χ2v) is 7.48. The third-order valence-corrected chi connectivity index (χ3v) is 5.32. The van der Waals surface area contributed by atoms with Crippen molar-refractivity contribution in [1.29, 1.82) is 0 Å². The van der Waals surface area contributed by atoms with Gasteiger partial charge in [-0.3, -0.25) is 14.8 Å². The standard InChI is InChI=1S/C19H17N3O7S/c1-27-14-6-8-15(9-7-14)29-19-16(4-3-11-20-19)21-30(25,26)18-12-13(22(23)24)5-10-17(18)28-2/h3-12,21H,1-2H3. The number of methoxy groups -OCH3 is 2. The maximum atomic E-state index is 12.9. The SMILES string of the molecule is COc1ccc(Oc2ncccc2NS(=O)(=O)c2cc([N+](=O)[O-])ccc2OC)cc1. The molecule has 0 spiro atoms. The smallest absolute Gasteiger partial charge is 0.271 e. The van der Waals surface area contributed by atoms with Crippen molar-refractivity contribution in [3.63, 3.8) is 0 Å². The van der Waals surface area contributed by atoms with E-state index in [4.69, 9.17) is 14.2 Å². The van der Waals surface area contributed by atoms with E-state index in [9.17, 15) is 18.5 Å². The lowest BCUT2D eigenvalue weighted by Gasteiger charge is -2.14. The molecular formula is C19H17N3O7S. The highest BCUT2D eigenvalue weighted by atomic mass is 32.2. The van der Waals surface area contributed by atoms with Crippen LogP contribution in [0.5, 0.6) is 23.1 Å². The minimum atomic E-state index is -4.26. The number of benzene rings is 2. The molecule has 0 unspecified atom stereocenters. The van der Waals surface area contributed by atoms with Gasteiger partial charge in [0, 0.05) is 18.3 Å². The van der Waals surface area contributed by atoms with Crippen LogP contribution in [0.3, 0.4) is 0 Å². The van der Waals surface area contributed by atoms with Gasteiger partial charge in [-0.1, -0.05) is 0 Å². The number of sulfonamides is 1. The highest BCUT2D eigenvalue weighted by molar-refractivity contribution is 7.92. The van der Waals surface area contributed by atoms with Gasteiger partial charge in [0.05, 0.1) is 19.1 Å². The molecule has 0 saturated heterocycles. The van der Waals surface area contributed by atoms with E-state index in [1.165, 1.54) is 38.6 Å². The fourth-order valence-corrected chi connectivity index (χ4v) is 3.74. The molecule has 0 aliphatic heterocycles. The molecule has 0 aliphatic rings. The third-order valence-electron chi connectivity index (χ3n) is 3.94. The van der Waals surface area contributed by atoms with Crippen LogP contribution in [0.25, 0.3) is 0 Å². The van der Waals surface area contributed by atoms with Crippen LogP contribution >= 0.6 is 0 Å². The molecule has 0 bridgehead atoms. The number of anilines is 1. The highest BCUT2D eigenvalue weighted by Crippen LogP contribution is 2.33. The number of ether oxygens (including phenoxy) is 3. The van der Waals surface area contributed by atoms with Crippen molar-refractivity contribution >= 4 is 21.4 Å². The number of non-ortho nitro benzene ring substituents is 1. The van der Waals surface area contributed by atoms with Crippen LogP contribution in [0.4, 0.5) is 11.4 Å². The first kappa shape index (κ1) is 20.9. The lowest BCUT2D eigenvalue weighted by Crippen LogP contribution is -2.15. The topological polar surface area (TPSA) is 130 Å². The number of aromatic nitrogens is 1. The van der Waals surface area contributed by atoms with Crippen molar-refractivity contribution in [1.82, 2.24) is 4.98 Å². The van der Waals surface area contributed by atoms with E-state index < -0.39 is 25.5 Å². The molecular weight excluding hydrogens is 414 g/mol. The number of pyridine rings is 1. The number of hydrogen-bond donors (Lipinski definition) is 1. The van der Waals surface area contributed by atoms with Gasteiger partial charge in [-0.05, 0) is 42.5 Å². The Balaban J connectivity index is 1.94. The molecule has 0 radical (unpaired) electrons. The largest absolute Gasteiger partial charge is 0.497 e.